The Balaban J connectivity index is 1.76. The lowest BCUT2D eigenvalue weighted by molar-refractivity contribution is 0.419. The molecular formula is C23H16N4O3. The maximum absolute atomic E-state index is 13.2. The molecule has 0 unspecified atom stereocenters. The van der Waals surface area contributed by atoms with Gasteiger partial charge in [-0.05, 0) is 42.5 Å². The van der Waals surface area contributed by atoms with E-state index in [1.54, 1.807) is 43.6 Å². The molecule has 0 fully saturated rings. The van der Waals surface area contributed by atoms with Crippen LogP contribution in [-0.4, -0.2) is 28.0 Å². The molecule has 0 amide bonds. The average Bonchev–Trinajstić information content (AvgIpc) is 3.23. The van der Waals surface area contributed by atoms with Crippen molar-refractivity contribution in [2.45, 2.75) is 0 Å². The standard InChI is InChI=1S/C23H16N4O3/c1-29-19-10-6-11-20-17(19)13-21(30-20)22-26-18-9-3-2-8-16(18)23(28)27(22)25-14-15-7-4-5-12-24-15/h2-14H,1H3. The van der Waals surface area contributed by atoms with Crippen LogP contribution in [0.3, 0.4) is 0 Å². The smallest absolute Gasteiger partial charge is 0.282 e. The van der Waals surface area contributed by atoms with Gasteiger partial charge in [0.2, 0.25) is 5.82 Å². The van der Waals surface area contributed by atoms with Crippen molar-refractivity contribution < 1.29 is 9.15 Å². The van der Waals surface area contributed by atoms with Gasteiger partial charge in [-0.2, -0.15) is 9.78 Å². The number of nitrogens with zero attached hydrogens (tertiary/aromatic N) is 4. The molecular weight excluding hydrogens is 380 g/mol. The van der Waals surface area contributed by atoms with Crippen molar-refractivity contribution >= 4 is 28.1 Å². The van der Waals surface area contributed by atoms with Gasteiger partial charge in [-0.15, -0.1) is 0 Å². The molecule has 0 aliphatic rings. The molecule has 5 rings (SSSR count). The molecule has 0 spiro atoms. The molecule has 30 heavy (non-hydrogen) atoms. The zero-order valence-corrected chi connectivity index (χ0v) is 16.0. The molecule has 0 saturated heterocycles. The number of aromatic nitrogens is 3. The monoisotopic (exact) mass is 396 g/mol. The first kappa shape index (κ1) is 17.8. The zero-order valence-electron chi connectivity index (χ0n) is 16.0. The maximum Gasteiger partial charge on any atom is 0.282 e. The van der Waals surface area contributed by atoms with Gasteiger partial charge in [0.05, 0.1) is 35.3 Å². The van der Waals surface area contributed by atoms with Gasteiger partial charge in [-0.3, -0.25) is 9.78 Å². The minimum absolute atomic E-state index is 0.295. The van der Waals surface area contributed by atoms with Crippen LogP contribution in [-0.2, 0) is 0 Å². The van der Waals surface area contributed by atoms with Gasteiger partial charge < -0.3 is 9.15 Å². The molecule has 0 radical (unpaired) electrons. The third-order valence-corrected chi connectivity index (χ3v) is 4.71. The molecule has 5 aromatic rings. The quantitative estimate of drug-likeness (QED) is 0.427. The molecule has 0 saturated carbocycles. The summed E-state index contributed by atoms with van der Waals surface area (Å²) in [6.07, 6.45) is 3.18. The Bertz CT molecular complexity index is 1450. The minimum atomic E-state index is -0.296. The number of rotatable bonds is 4. The lowest BCUT2D eigenvalue weighted by atomic mass is 10.2. The van der Waals surface area contributed by atoms with Crippen molar-refractivity contribution in [2.75, 3.05) is 7.11 Å². The summed E-state index contributed by atoms with van der Waals surface area (Å²) >= 11 is 0. The van der Waals surface area contributed by atoms with Crippen molar-refractivity contribution in [1.29, 1.82) is 0 Å². The van der Waals surface area contributed by atoms with E-state index in [4.69, 9.17) is 9.15 Å². The highest BCUT2D eigenvalue weighted by atomic mass is 16.5. The molecule has 3 heterocycles. The Morgan fingerprint density at radius 3 is 2.73 bits per heavy atom. The van der Waals surface area contributed by atoms with Gasteiger partial charge in [-0.25, -0.2) is 4.98 Å². The fraction of sp³-hybridized carbons (Fsp3) is 0.0435. The lowest BCUT2D eigenvalue weighted by Crippen LogP contribution is -2.20. The van der Waals surface area contributed by atoms with Gasteiger partial charge >= 0.3 is 0 Å². The van der Waals surface area contributed by atoms with Crippen LogP contribution in [0.1, 0.15) is 5.69 Å². The fourth-order valence-electron chi connectivity index (χ4n) is 3.28. The zero-order chi connectivity index (χ0) is 20.5. The Morgan fingerprint density at radius 1 is 1.03 bits per heavy atom. The first-order valence-corrected chi connectivity index (χ1v) is 9.29. The van der Waals surface area contributed by atoms with Crippen molar-refractivity contribution in [3.8, 4) is 17.3 Å². The highest BCUT2D eigenvalue weighted by Crippen LogP contribution is 2.32. The van der Waals surface area contributed by atoms with Gasteiger partial charge in [-0.1, -0.05) is 24.3 Å². The maximum atomic E-state index is 13.2. The van der Waals surface area contributed by atoms with E-state index in [2.05, 4.69) is 15.1 Å². The van der Waals surface area contributed by atoms with Crippen LogP contribution in [0.25, 0.3) is 33.5 Å². The fourth-order valence-corrected chi connectivity index (χ4v) is 3.28. The summed E-state index contributed by atoms with van der Waals surface area (Å²) in [4.78, 5) is 22.1. The lowest BCUT2D eigenvalue weighted by Gasteiger charge is -2.07. The Labute approximate surface area is 170 Å². The Kier molecular flexibility index (Phi) is 4.33. The van der Waals surface area contributed by atoms with E-state index in [-0.39, 0.29) is 5.56 Å². The molecule has 146 valence electrons. The van der Waals surface area contributed by atoms with Crippen LogP contribution >= 0.6 is 0 Å². The third-order valence-electron chi connectivity index (χ3n) is 4.71. The predicted octanol–water partition coefficient (Wildman–Crippen LogP) is 4.10. The molecule has 0 aliphatic heterocycles. The van der Waals surface area contributed by atoms with Crippen LogP contribution < -0.4 is 10.3 Å². The number of hydrogen-bond acceptors (Lipinski definition) is 6. The number of hydrogen-bond donors (Lipinski definition) is 0. The van der Waals surface area contributed by atoms with E-state index in [9.17, 15) is 4.79 Å². The van der Waals surface area contributed by atoms with Crippen LogP contribution in [0.4, 0.5) is 0 Å². The second-order valence-corrected chi connectivity index (χ2v) is 6.55. The minimum Gasteiger partial charge on any atom is -0.496 e. The van der Waals surface area contributed by atoms with Crippen molar-refractivity contribution in [3.63, 3.8) is 0 Å². The SMILES string of the molecule is COc1cccc2oc(-c3nc4ccccc4c(=O)n3N=Cc3ccccn3)cc12. The molecule has 0 N–H and O–H groups in total. The summed E-state index contributed by atoms with van der Waals surface area (Å²) in [6.45, 7) is 0. The predicted molar refractivity (Wildman–Crippen MR) is 115 cm³/mol. The molecule has 0 aliphatic carbocycles. The normalized spacial score (nSPS) is 11.5. The Morgan fingerprint density at radius 2 is 1.90 bits per heavy atom. The van der Waals surface area contributed by atoms with E-state index >= 15 is 0 Å². The van der Waals surface area contributed by atoms with E-state index in [0.717, 1.165) is 5.39 Å². The summed E-state index contributed by atoms with van der Waals surface area (Å²) in [5, 5.41) is 5.63. The third kappa shape index (κ3) is 3.02. The van der Waals surface area contributed by atoms with E-state index in [1.165, 1.54) is 10.9 Å². The van der Waals surface area contributed by atoms with Crippen LogP contribution in [0, 0.1) is 0 Å². The van der Waals surface area contributed by atoms with Crippen molar-refractivity contribution in [1.82, 2.24) is 14.6 Å². The van der Waals surface area contributed by atoms with E-state index < -0.39 is 0 Å². The van der Waals surface area contributed by atoms with Crippen LogP contribution in [0.15, 0.2) is 87.2 Å². The molecule has 3 aromatic heterocycles. The average molecular weight is 396 g/mol. The summed E-state index contributed by atoms with van der Waals surface area (Å²) in [6, 6.07) is 19.9. The topological polar surface area (TPSA) is 82.5 Å². The summed E-state index contributed by atoms with van der Waals surface area (Å²) in [5.41, 5.74) is 1.52. The Hall–Kier alpha value is -4.26. The van der Waals surface area contributed by atoms with Crippen LogP contribution in [0.5, 0.6) is 5.75 Å². The number of methoxy groups -OCH3 is 1. The number of furan rings is 1. The first-order chi connectivity index (χ1) is 14.7. The number of pyridine rings is 1. The van der Waals surface area contributed by atoms with Gasteiger partial charge in [0.25, 0.3) is 5.56 Å². The van der Waals surface area contributed by atoms with Crippen molar-refractivity contribution in [3.05, 3.63) is 89.0 Å². The number of fused-ring (bicyclic) bond motifs is 2. The molecule has 0 atom stereocenters. The second-order valence-electron chi connectivity index (χ2n) is 6.55. The second kappa shape index (κ2) is 7.29. The summed E-state index contributed by atoms with van der Waals surface area (Å²) in [5.74, 6) is 1.38. The molecule has 7 heteroatoms. The van der Waals surface area contributed by atoms with Gasteiger partial charge in [0.1, 0.15) is 11.3 Å². The number of ether oxygens (including phenoxy) is 1. The highest BCUT2D eigenvalue weighted by Gasteiger charge is 2.17. The van der Waals surface area contributed by atoms with Crippen LogP contribution in [0.2, 0.25) is 0 Å². The first-order valence-electron chi connectivity index (χ1n) is 9.29. The highest BCUT2D eigenvalue weighted by molar-refractivity contribution is 5.88. The summed E-state index contributed by atoms with van der Waals surface area (Å²) < 4.78 is 12.7. The molecule has 2 aromatic carbocycles. The molecule has 7 nitrogen and oxygen atoms in total. The van der Waals surface area contributed by atoms with Gasteiger partial charge in [0.15, 0.2) is 5.76 Å². The number of benzene rings is 2. The number of para-hydroxylation sites is 1. The van der Waals surface area contributed by atoms with Gasteiger partial charge in [0, 0.05) is 6.20 Å². The largest absolute Gasteiger partial charge is 0.496 e. The van der Waals surface area contributed by atoms with E-state index in [0.29, 0.717) is 39.5 Å². The molecule has 0 bridgehead atoms. The van der Waals surface area contributed by atoms with E-state index in [1.807, 2.05) is 36.4 Å². The summed E-state index contributed by atoms with van der Waals surface area (Å²) in [7, 11) is 1.60. The van der Waals surface area contributed by atoms with Crippen molar-refractivity contribution in [2.24, 2.45) is 5.10 Å².